The minimum absolute atomic E-state index is 0.569. The van der Waals surface area contributed by atoms with Crippen LogP contribution >= 0.6 is 0 Å². The third-order valence-electron chi connectivity index (χ3n) is 1.67. The maximum absolute atomic E-state index is 5.29. The molecule has 0 amide bonds. The molecule has 0 aliphatic heterocycles. The van der Waals surface area contributed by atoms with E-state index in [1.165, 1.54) is 5.56 Å². The van der Waals surface area contributed by atoms with E-state index < -0.39 is 0 Å². The van der Waals surface area contributed by atoms with Gasteiger partial charge in [-0.05, 0) is 24.1 Å². The highest BCUT2D eigenvalue weighted by molar-refractivity contribution is 5.20. The molecule has 2 N–H and O–H groups in total. The molecule has 12 heavy (non-hydrogen) atoms. The van der Waals surface area contributed by atoms with Gasteiger partial charge in [-0.15, -0.1) is 0 Å². The van der Waals surface area contributed by atoms with Crippen molar-refractivity contribution in [3.8, 4) is 0 Å². The van der Waals surface area contributed by atoms with Crippen LogP contribution in [0.25, 0.3) is 0 Å². The van der Waals surface area contributed by atoms with Crippen LogP contribution in [0, 0.1) is 6.92 Å². The lowest BCUT2D eigenvalue weighted by molar-refractivity contribution is 0.127. The first-order valence-electron chi connectivity index (χ1n) is 4.02. The summed E-state index contributed by atoms with van der Waals surface area (Å²) in [6, 6.07) is 1.97. The summed E-state index contributed by atoms with van der Waals surface area (Å²) in [6.07, 6.45) is 3.60. The molecule has 1 aromatic rings. The van der Waals surface area contributed by atoms with E-state index in [9.17, 15) is 0 Å². The van der Waals surface area contributed by atoms with Crippen molar-refractivity contribution in [2.24, 2.45) is 5.73 Å². The molecular formula is C9H14N2O. The quantitative estimate of drug-likeness (QED) is 0.675. The Morgan fingerprint density at radius 2 is 2.42 bits per heavy atom. The molecule has 0 spiro atoms. The SMILES string of the molecule is Cc1ccncc1COCCN. The number of nitrogens with zero attached hydrogens (tertiary/aromatic N) is 1. The molecule has 3 nitrogen and oxygen atoms in total. The Morgan fingerprint density at radius 3 is 3.08 bits per heavy atom. The molecule has 66 valence electrons. The zero-order chi connectivity index (χ0) is 8.81. The number of aryl methyl sites for hydroxylation is 1. The van der Waals surface area contributed by atoms with Gasteiger partial charge in [0.1, 0.15) is 0 Å². The van der Waals surface area contributed by atoms with E-state index in [2.05, 4.69) is 4.98 Å². The molecule has 1 rings (SSSR count). The van der Waals surface area contributed by atoms with Gasteiger partial charge >= 0.3 is 0 Å². The minimum atomic E-state index is 0.569. The zero-order valence-corrected chi connectivity index (χ0v) is 7.29. The number of hydrogen-bond acceptors (Lipinski definition) is 3. The summed E-state index contributed by atoms with van der Waals surface area (Å²) in [4.78, 5) is 4.01. The van der Waals surface area contributed by atoms with E-state index in [1.807, 2.05) is 19.2 Å². The lowest BCUT2D eigenvalue weighted by atomic mass is 10.2. The average molecular weight is 166 g/mol. The predicted octanol–water partition coefficient (Wildman–Crippen LogP) is 0.865. The number of rotatable bonds is 4. The second-order valence-electron chi connectivity index (χ2n) is 2.64. The standard InChI is InChI=1S/C9H14N2O/c1-8-2-4-11-6-9(8)7-12-5-3-10/h2,4,6H,3,5,7,10H2,1H3. The van der Waals surface area contributed by atoms with Crippen LogP contribution in [-0.4, -0.2) is 18.1 Å². The third kappa shape index (κ3) is 2.60. The summed E-state index contributed by atoms with van der Waals surface area (Å²) in [5, 5.41) is 0. The highest BCUT2D eigenvalue weighted by Crippen LogP contribution is 2.05. The van der Waals surface area contributed by atoms with Crippen molar-refractivity contribution in [2.45, 2.75) is 13.5 Å². The Balaban J connectivity index is 2.46. The molecule has 0 aromatic carbocycles. The normalized spacial score (nSPS) is 10.2. The molecule has 0 unspecified atom stereocenters. The molecule has 1 heterocycles. The fourth-order valence-corrected chi connectivity index (χ4v) is 0.913. The fraction of sp³-hybridized carbons (Fsp3) is 0.444. The maximum atomic E-state index is 5.29. The van der Waals surface area contributed by atoms with E-state index in [-0.39, 0.29) is 0 Å². The summed E-state index contributed by atoms with van der Waals surface area (Å²) in [5.74, 6) is 0. The zero-order valence-electron chi connectivity index (χ0n) is 7.29. The number of pyridine rings is 1. The van der Waals surface area contributed by atoms with Gasteiger partial charge in [0.05, 0.1) is 13.2 Å². The summed E-state index contributed by atoms with van der Waals surface area (Å²) in [5.41, 5.74) is 7.63. The molecular weight excluding hydrogens is 152 g/mol. The summed E-state index contributed by atoms with van der Waals surface area (Å²) >= 11 is 0. The molecule has 0 fully saturated rings. The Bertz CT molecular complexity index is 238. The molecule has 0 bridgehead atoms. The molecule has 3 heteroatoms. The van der Waals surface area contributed by atoms with Crippen molar-refractivity contribution in [1.29, 1.82) is 0 Å². The van der Waals surface area contributed by atoms with Crippen molar-refractivity contribution >= 4 is 0 Å². The van der Waals surface area contributed by atoms with Gasteiger partial charge in [-0.3, -0.25) is 4.98 Å². The Hall–Kier alpha value is -0.930. The van der Waals surface area contributed by atoms with Gasteiger partial charge in [0.2, 0.25) is 0 Å². The van der Waals surface area contributed by atoms with Crippen molar-refractivity contribution in [3.63, 3.8) is 0 Å². The van der Waals surface area contributed by atoms with Gasteiger partial charge in [-0.25, -0.2) is 0 Å². The van der Waals surface area contributed by atoms with Gasteiger partial charge in [-0.2, -0.15) is 0 Å². The lowest BCUT2D eigenvalue weighted by Gasteiger charge is -2.04. The molecule has 0 aliphatic rings. The summed E-state index contributed by atoms with van der Waals surface area (Å²) in [7, 11) is 0. The van der Waals surface area contributed by atoms with Crippen LogP contribution in [0.3, 0.4) is 0 Å². The second kappa shape index (κ2) is 4.85. The largest absolute Gasteiger partial charge is 0.375 e. The molecule has 0 saturated carbocycles. The predicted molar refractivity (Wildman–Crippen MR) is 47.7 cm³/mol. The van der Waals surface area contributed by atoms with Gasteiger partial charge in [0.25, 0.3) is 0 Å². The second-order valence-corrected chi connectivity index (χ2v) is 2.64. The summed E-state index contributed by atoms with van der Waals surface area (Å²) < 4.78 is 5.28. The van der Waals surface area contributed by atoms with E-state index in [0.29, 0.717) is 19.8 Å². The van der Waals surface area contributed by atoms with Gasteiger partial charge in [-0.1, -0.05) is 0 Å². The van der Waals surface area contributed by atoms with Crippen molar-refractivity contribution < 1.29 is 4.74 Å². The van der Waals surface area contributed by atoms with Crippen LogP contribution in [0.4, 0.5) is 0 Å². The molecule has 0 saturated heterocycles. The van der Waals surface area contributed by atoms with Crippen LogP contribution in [0.1, 0.15) is 11.1 Å². The van der Waals surface area contributed by atoms with Crippen LogP contribution in [-0.2, 0) is 11.3 Å². The fourth-order valence-electron chi connectivity index (χ4n) is 0.913. The van der Waals surface area contributed by atoms with E-state index in [1.54, 1.807) is 6.20 Å². The Labute approximate surface area is 72.6 Å². The number of nitrogens with two attached hydrogens (primary N) is 1. The number of hydrogen-bond donors (Lipinski definition) is 1. The van der Waals surface area contributed by atoms with Crippen LogP contribution in [0.2, 0.25) is 0 Å². The lowest BCUT2D eigenvalue weighted by Crippen LogP contribution is -2.08. The van der Waals surface area contributed by atoms with Crippen molar-refractivity contribution in [3.05, 3.63) is 29.6 Å². The van der Waals surface area contributed by atoms with Crippen LogP contribution < -0.4 is 5.73 Å². The van der Waals surface area contributed by atoms with Crippen molar-refractivity contribution in [1.82, 2.24) is 4.98 Å². The number of ether oxygens (including phenoxy) is 1. The third-order valence-corrected chi connectivity index (χ3v) is 1.67. The first-order chi connectivity index (χ1) is 5.84. The topological polar surface area (TPSA) is 48.1 Å². The van der Waals surface area contributed by atoms with Gasteiger partial charge in [0.15, 0.2) is 0 Å². The van der Waals surface area contributed by atoms with Crippen molar-refractivity contribution in [2.75, 3.05) is 13.2 Å². The van der Waals surface area contributed by atoms with Gasteiger partial charge in [0, 0.05) is 18.9 Å². The molecule has 0 aliphatic carbocycles. The smallest absolute Gasteiger partial charge is 0.0735 e. The Morgan fingerprint density at radius 1 is 1.58 bits per heavy atom. The van der Waals surface area contributed by atoms with Crippen LogP contribution in [0.5, 0.6) is 0 Å². The molecule has 0 radical (unpaired) electrons. The first kappa shape index (κ1) is 9.16. The van der Waals surface area contributed by atoms with E-state index >= 15 is 0 Å². The first-order valence-corrected chi connectivity index (χ1v) is 4.02. The van der Waals surface area contributed by atoms with E-state index in [4.69, 9.17) is 10.5 Å². The maximum Gasteiger partial charge on any atom is 0.0735 e. The van der Waals surface area contributed by atoms with Crippen LogP contribution in [0.15, 0.2) is 18.5 Å². The molecule has 0 atom stereocenters. The summed E-state index contributed by atoms with van der Waals surface area (Å²) in [6.45, 7) is 3.83. The molecule has 1 aromatic heterocycles. The minimum Gasteiger partial charge on any atom is -0.375 e. The monoisotopic (exact) mass is 166 g/mol. The average Bonchev–Trinajstić information content (AvgIpc) is 2.09. The highest BCUT2D eigenvalue weighted by Gasteiger charge is 1.96. The van der Waals surface area contributed by atoms with Gasteiger partial charge < -0.3 is 10.5 Å². The van der Waals surface area contributed by atoms with E-state index in [0.717, 1.165) is 5.56 Å². The highest BCUT2D eigenvalue weighted by atomic mass is 16.5. The number of aromatic nitrogens is 1. The Kier molecular flexibility index (Phi) is 3.70.